The minimum atomic E-state index is -0.461. The van der Waals surface area contributed by atoms with Crippen LogP contribution < -0.4 is 0 Å². The van der Waals surface area contributed by atoms with Gasteiger partial charge in [0.2, 0.25) is 5.95 Å². The molecule has 1 aromatic heterocycles. The fraction of sp³-hybridized carbons (Fsp3) is 0.273. The van der Waals surface area contributed by atoms with Gasteiger partial charge >= 0.3 is 0 Å². The van der Waals surface area contributed by atoms with Crippen LogP contribution in [0.5, 0.6) is 0 Å². The number of aromatic nitrogens is 2. The highest BCUT2D eigenvalue weighted by molar-refractivity contribution is 6.01. The number of allylic oxidation sites excluding steroid dienone is 2. The molecule has 1 unspecified atom stereocenters. The zero-order valence-corrected chi connectivity index (χ0v) is 21.3. The monoisotopic (exact) mass is 503 g/mol. The van der Waals surface area contributed by atoms with E-state index in [-0.39, 0.29) is 6.23 Å². The zero-order valence-electron chi connectivity index (χ0n) is 21.3. The van der Waals surface area contributed by atoms with Crippen molar-refractivity contribution in [2.24, 2.45) is 5.92 Å². The standard InChI is InChI=1S/C33H30FN3O/c34-33-28-22-27(18-19-29(28)37(36-33)30-13-4-5-21-38-30)32(26-16-14-23(15-17-26)8-7-20-35)31(25-11-6-12-25)24-9-2-1-3-10-24/h1-3,7-10,14-19,22,25,30H,4-6,11-13,21H2/b8-7+,32-31?. The molecule has 190 valence electrons. The van der Waals surface area contributed by atoms with Crippen molar-refractivity contribution in [3.63, 3.8) is 0 Å². The van der Waals surface area contributed by atoms with E-state index in [0.29, 0.717) is 17.9 Å². The van der Waals surface area contributed by atoms with Crippen molar-refractivity contribution >= 4 is 28.1 Å². The molecular weight excluding hydrogens is 473 g/mol. The molecule has 3 aromatic carbocycles. The van der Waals surface area contributed by atoms with Crippen LogP contribution in [0.1, 0.15) is 67.0 Å². The number of benzene rings is 3. The SMILES string of the molecule is N#C/C=C/c1ccc(C(=C(c2ccccc2)C2CCC2)c2ccc3c(c2)c(F)nn3C2CCCCO2)cc1. The summed E-state index contributed by atoms with van der Waals surface area (Å²) in [5, 5.41) is 13.7. The lowest BCUT2D eigenvalue weighted by atomic mass is 9.73. The fourth-order valence-electron chi connectivity index (χ4n) is 5.67. The van der Waals surface area contributed by atoms with E-state index in [1.165, 1.54) is 23.6 Å². The van der Waals surface area contributed by atoms with Gasteiger partial charge in [0.1, 0.15) is 0 Å². The smallest absolute Gasteiger partial charge is 0.240 e. The first-order chi connectivity index (χ1) is 18.7. The molecule has 1 aliphatic carbocycles. The summed E-state index contributed by atoms with van der Waals surface area (Å²) >= 11 is 0. The van der Waals surface area contributed by atoms with Crippen LogP contribution in [0.3, 0.4) is 0 Å². The Morgan fingerprint density at radius 1 is 0.921 bits per heavy atom. The van der Waals surface area contributed by atoms with E-state index in [9.17, 15) is 0 Å². The van der Waals surface area contributed by atoms with Crippen molar-refractivity contribution < 1.29 is 9.13 Å². The summed E-state index contributed by atoms with van der Waals surface area (Å²) in [6.45, 7) is 0.681. The minimum Gasteiger partial charge on any atom is -0.356 e. The van der Waals surface area contributed by atoms with Crippen LogP contribution in [0.15, 0.2) is 78.9 Å². The highest BCUT2D eigenvalue weighted by Gasteiger charge is 2.28. The fourth-order valence-corrected chi connectivity index (χ4v) is 5.67. The lowest BCUT2D eigenvalue weighted by Crippen LogP contribution is -2.19. The second-order valence-corrected chi connectivity index (χ2v) is 10.2. The number of ether oxygens (including phenoxy) is 1. The maximum absolute atomic E-state index is 15.3. The topological polar surface area (TPSA) is 50.8 Å². The molecule has 2 fully saturated rings. The van der Waals surface area contributed by atoms with Gasteiger partial charge in [-0.05, 0) is 89.6 Å². The Labute approximate surface area is 222 Å². The van der Waals surface area contributed by atoms with Gasteiger partial charge in [-0.15, -0.1) is 5.10 Å². The van der Waals surface area contributed by atoms with E-state index in [1.54, 1.807) is 10.8 Å². The van der Waals surface area contributed by atoms with Gasteiger partial charge in [-0.2, -0.15) is 9.65 Å². The molecule has 1 aliphatic heterocycles. The van der Waals surface area contributed by atoms with Crippen molar-refractivity contribution in [3.05, 3.63) is 107 Å². The highest BCUT2D eigenvalue weighted by Crippen LogP contribution is 2.45. The molecule has 2 aliphatic rings. The largest absolute Gasteiger partial charge is 0.356 e. The lowest BCUT2D eigenvalue weighted by Gasteiger charge is -2.31. The maximum Gasteiger partial charge on any atom is 0.240 e. The summed E-state index contributed by atoms with van der Waals surface area (Å²) in [6.07, 6.45) is 9.50. The summed E-state index contributed by atoms with van der Waals surface area (Å²) in [6, 6.07) is 26.9. The van der Waals surface area contributed by atoms with Gasteiger partial charge in [-0.1, -0.05) is 67.1 Å². The first kappa shape index (κ1) is 24.3. The molecule has 5 heteroatoms. The molecule has 1 saturated carbocycles. The van der Waals surface area contributed by atoms with Gasteiger partial charge < -0.3 is 4.74 Å². The Hall–Kier alpha value is -4.01. The third-order valence-corrected chi connectivity index (χ3v) is 7.80. The molecule has 0 radical (unpaired) electrons. The second-order valence-electron chi connectivity index (χ2n) is 10.2. The van der Waals surface area contributed by atoms with Gasteiger partial charge in [0.05, 0.1) is 17.0 Å². The Morgan fingerprint density at radius 3 is 2.39 bits per heavy atom. The summed E-state index contributed by atoms with van der Waals surface area (Å²) in [7, 11) is 0. The number of hydrogen-bond acceptors (Lipinski definition) is 3. The molecule has 0 N–H and O–H groups in total. The van der Waals surface area contributed by atoms with Gasteiger partial charge in [-0.25, -0.2) is 4.68 Å². The predicted octanol–water partition coefficient (Wildman–Crippen LogP) is 8.17. The van der Waals surface area contributed by atoms with E-state index in [0.717, 1.165) is 59.9 Å². The second kappa shape index (κ2) is 10.8. The van der Waals surface area contributed by atoms with E-state index in [2.05, 4.69) is 53.6 Å². The number of hydrogen-bond donors (Lipinski definition) is 0. The number of halogens is 1. The summed E-state index contributed by atoms with van der Waals surface area (Å²) in [5.41, 5.74) is 7.42. The summed E-state index contributed by atoms with van der Waals surface area (Å²) in [5.74, 6) is -0.0123. The van der Waals surface area contributed by atoms with Gasteiger partial charge in [0, 0.05) is 12.7 Å². The van der Waals surface area contributed by atoms with E-state index >= 15 is 4.39 Å². The van der Waals surface area contributed by atoms with Crippen LogP contribution in [0.25, 0.3) is 28.1 Å². The summed E-state index contributed by atoms with van der Waals surface area (Å²) in [4.78, 5) is 0. The van der Waals surface area contributed by atoms with Crippen LogP contribution >= 0.6 is 0 Å². The van der Waals surface area contributed by atoms with Gasteiger partial charge in [0.25, 0.3) is 0 Å². The first-order valence-electron chi connectivity index (χ1n) is 13.5. The molecule has 38 heavy (non-hydrogen) atoms. The Bertz CT molecular complexity index is 1530. The van der Waals surface area contributed by atoms with E-state index in [4.69, 9.17) is 10.00 Å². The minimum absolute atomic E-state index is 0.222. The molecule has 1 saturated heterocycles. The quantitative estimate of drug-likeness (QED) is 0.197. The van der Waals surface area contributed by atoms with Crippen molar-refractivity contribution in [2.75, 3.05) is 6.61 Å². The Morgan fingerprint density at radius 2 is 1.71 bits per heavy atom. The molecule has 1 atom stereocenters. The van der Waals surface area contributed by atoms with Gasteiger partial charge in [0.15, 0.2) is 6.23 Å². The average Bonchev–Trinajstić information content (AvgIpc) is 3.28. The number of fused-ring (bicyclic) bond motifs is 1. The third-order valence-electron chi connectivity index (χ3n) is 7.80. The maximum atomic E-state index is 15.3. The van der Waals surface area contributed by atoms with Crippen LogP contribution in [-0.4, -0.2) is 16.4 Å². The zero-order chi connectivity index (χ0) is 25.9. The van der Waals surface area contributed by atoms with E-state index < -0.39 is 5.95 Å². The molecule has 4 nitrogen and oxygen atoms in total. The molecule has 0 bridgehead atoms. The lowest BCUT2D eigenvalue weighted by molar-refractivity contribution is -0.0375. The molecule has 2 heterocycles. The van der Waals surface area contributed by atoms with Crippen LogP contribution in [0.4, 0.5) is 4.39 Å². The van der Waals surface area contributed by atoms with Crippen LogP contribution in [0, 0.1) is 23.2 Å². The number of nitrogens with zero attached hydrogens (tertiary/aromatic N) is 3. The van der Waals surface area contributed by atoms with Crippen molar-refractivity contribution in [2.45, 2.75) is 44.8 Å². The molecular formula is C33H30FN3O. The van der Waals surface area contributed by atoms with Crippen molar-refractivity contribution in [1.82, 2.24) is 9.78 Å². The molecule has 0 amide bonds. The van der Waals surface area contributed by atoms with Crippen molar-refractivity contribution in [1.29, 1.82) is 5.26 Å². The molecule has 6 rings (SSSR count). The average molecular weight is 504 g/mol. The predicted molar refractivity (Wildman–Crippen MR) is 149 cm³/mol. The van der Waals surface area contributed by atoms with Crippen LogP contribution in [-0.2, 0) is 4.74 Å². The normalized spacial score (nSPS) is 18.8. The third kappa shape index (κ3) is 4.68. The molecule has 0 spiro atoms. The molecule has 4 aromatic rings. The van der Waals surface area contributed by atoms with Gasteiger partial charge in [-0.3, -0.25) is 0 Å². The number of nitriles is 1. The summed E-state index contributed by atoms with van der Waals surface area (Å²) < 4.78 is 22.9. The van der Waals surface area contributed by atoms with E-state index in [1.807, 2.05) is 30.3 Å². The van der Waals surface area contributed by atoms with Crippen LogP contribution in [0.2, 0.25) is 0 Å². The van der Waals surface area contributed by atoms with Crippen molar-refractivity contribution in [3.8, 4) is 6.07 Å². The Balaban J connectivity index is 1.53. The Kier molecular flexibility index (Phi) is 6.90. The first-order valence-corrected chi connectivity index (χ1v) is 13.5. The highest BCUT2D eigenvalue weighted by atomic mass is 19.1. The number of rotatable bonds is 6.